The molecule has 1 saturated heterocycles. The smallest absolute Gasteiger partial charge is 0.249 e. The summed E-state index contributed by atoms with van der Waals surface area (Å²) in [4.78, 5) is 1.15. The Morgan fingerprint density at radius 2 is 1.62 bits per heavy atom. The van der Waals surface area contributed by atoms with E-state index in [0.29, 0.717) is 25.2 Å². The lowest BCUT2D eigenvalue weighted by Crippen LogP contribution is -2.48. The highest BCUT2D eigenvalue weighted by atomic mass is 32.2. The standard InChI is InChI=1S/C18H17F2N3O2S/c19-16-5-2-6-17(20)18(16)26(24,25)23-9-7-22(8-10-23)13-15-4-1-3-14(11-15)12-21/h1-6,11H,7-10,13H2. The number of hydrogen-bond acceptors (Lipinski definition) is 4. The lowest BCUT2D eigenvalue weighted by Gasteiger charge is -2.34. The highest BCUT2D eigenvalue weighted by Crippen LogP contribution is 2.24. The average molecular weight is 377 g/mol. The molecule has 3 rings (SSSR count). The van der Waals surface area contributed by atoms with Crippen LogP contribution >= 0.6 is 0 Å². The number of nitriles is 1. The molecule has 1 aliphatic heterocycles. The zero-order chi connectivity index (χ0) is 18.7. The Balaban J connectivity index is 1.69. The third kappa shape index (κ3) is 3.75. The number of benzene rings is 2. The summed E-state index contributed by atoms with van der Waals surface area (Å²) < 4.78 is 54.0. The predicted octanol–water partition coefficient (Wildman–Crippen LogP) is 2.34. The molecule has 8 heteroatoms. The van der Waals surface area contributed by atoms with Gasteiger partial charge in [0.1, 0.15) is 11.6 Å². The molecule has 1 aliphatic rings. The Labute approximate surface area is 151 Å². The summed E-state index contributed by atoms with van der Waals surface area (Å²) in [5.74, 6) is -2.17. The minimum atomic E-state index is -4.22. The van der Waals surface area contributed by atoms with E-state index in [2.05, 4.69) is 6.07 Å². The molecule has 0 unspecified atom stereocenters. The number of piperazine rings is 1. The van der Waals surface area contributed by atoms with E-state index in [9.17, 15) is 17.2 Å². The summed E-state index contributed by atoms with van der Waals surface area (Å²) in [5, 5.41) is 8.95. The van der Waals surface area contributed by atoms with Crippen molar-refractivity contribution in [2.24, 2.45) is 0 Å². The van der Waals surface area contributed by atoms with Gasteiger partial charge in [-0.15, -0.1) is 0 Å². The number of nitrogens with zero attached hydrogens (tertiary/aromatic N) is 3. The maximum Gasteiger partial charge on any atom is 0.249 e. The van der Waals surface area contributed by atoms with Crippen molar-refractivity contribution in [2.45, 2.75) is 11.4 Å². The molecular weight excluding hydrogens is 360 g/mol. The molecule has 0 radical (unpaired) electrons. The van der Waals surface area contributed by atoms with E-state index >= 15 is 0 Å². The Bertz CT molecular complexity index is 929. The van der Waals surface area contributed by atoms with Crippen LogP contribution in [0.4, 0.5) is 8.78 Å². The SMILES string of the molecule is N#Cc1cccc(CN2CCN(S(=O)(=O)c3c(F)cccc3F)CC2)c1. The second-order valence-electron chi connectivity index (χ2n) is 6.04. The van der Waals surface area contributed by atoms with E-state index in [1.807, 2.05) is 11.0 Å². The summed E-state index contributed by atoms with van der Waals surface area (Å²) in [6, 6.07) is 12.3. The normalized spacial score (nSPS) is 16.3. The van der Waals surface area contributed by atoms with Crippen molar-refractivity contribution in [3.05, 3.63) is 65.2 Å². The Kier molecular flexibility index (Phi) is 5.32. The van der Waals surface area contributed by atoms with Crippen LogP contribution in [0.3, 0.4) is 0 Å². The minimum absolute atomic E-state index is 0.147. The lowest BCUT2D eigenvalue weighted by molar-refractivity contribution is 0.181. The van der Waals surface area contributed by atoms with Crippen LogP contribution in [0.1, 0.15) is 11.1 Å². The van der Waals surface area contributed by atoms with Gasteiger partial charge in [0.25, 0.3) is 0 Å². The molecule has 2 aromatic carbocycles. The third-order valence-electron chi connectivity index (χ3n) is 4.31. The van der Waals surface area contributed by atoms with Crippen LogP contribution in [0, 0.1) is 23.0 Å². The highest BCUT2D eigenvalue weighted by molar-refractivity contribution is 7.89. The molecule has 5 nitrogen and oxygen atoms in total. The summed E-state index contributed by atoms with van der Waals surface area (Å²) in [6.45, 7) is 1.75. The van der Waals surface area contributed by atoms with Gasteiger partial charge in [0.15, 0.2) is 4.90 Å². The molecule has 0 spiro atoms. The van der Waals surface area contributed by atoms with Crippen LogP contribution < -0.4 is 0 Å². The van der Waals surface area contributed by atoms with Crippen molar-refractivity contribution >= 4 is 10.0 Å². The van der Waals surface area contributed by atoms with E-state index in [1.54, 1.807) is 18.2 Å². The fourth-order valence-electron chi connectivity index (χ4n) is 2.98. The summed E-state index contributed by atoms with van der Waals surface area (Å²) in [7, 11) is -4.22. The fraction of sp³-hybridized carbons (Fsp3) is 0.278. The molecule has 136 valence electrons. The Hall–Kier alpha value is -2.34. The first-order chi connectivity index (χ1) is 12.4. The van der Waals surface area contributed by atoms with Gasteiger partial charge in [0.2, 0.25) is 10.0 Å². The molecule has 0 amide bonds. The highest BCUT2D eigenvalue weighted by Gasteiger charge is 2.33. The quantitative estimate of drug-likeness (QED) is 0.821. The molecule has 2 aromatic rings. The van der Waals surface area contributed by atoms with E-state index in [-0.39, 0.29) is 13.1 Å². The van der Waals surface area contributed by atoms with E-state index in [1.165, 1.54) is 0 Å². The molecule has 0 bridgehead atoms. The lowest BCUT2D eigenvalue weighted by atomic mass is 10.1. The second-order valence-corrected chi connectivity index (χ2v) is 7.92. The third-order valence-corrected chi connectivity index (χ3v) is 6.26. The molecule has 26 heavy (non-hydrogen) atoms. The van der Waals surface area contributed by atoms with Gasteiger partial charge >= 0.3 is 0 Å². The molecule has 0 aromatic heterocycles. The average Bonchev–Trinajstić information content (AvgIpc) is 2.62. The van der Waals surface area contributed by atoms with Gasteiger partial charge in [-0.2, -0.15) is 9.57 Å². The topological polar surface area (TPSA) is 64.4 Å². The molecule has 0 N–H and O–H groups in total. The van der Waals surface area contributed by atoms with Gasteiger partial charge < -0.3 is 0 Å². The minimum Gasteiger partial charge on any atom is -0.296 e. The molecule has 0 atom stereocenters. The van der Waals surface area contributed by atoms with Crippen molar-refractivity contribution in [2.75, 3.05) is 26.2 Å². The van der Waals surface area contributed by atoms with Gasteiger partial charge in [-0.25, -0.2) is 17.2 Å². The molecule has 0 aliphatic carbocycles. The van der Waals surface area contributed by atoms with Crippen molar-refractivity contribution in [3.63, 3.8) is 0 Å². The second kappa shape index (κ2) is 7.50. The van der Waals surface area contributed by atoms with Crippen molar-refractivity contribution < 1.29 is 17.2 Å². The molecule has 1 heterocycles. The van der Waals surface area contributed by atoms with Crippen LogP contribution in [-0.2, 0) is 16.6 Å². The van der Waals surface area contributed by atoms with E-state index in [4.69, 9.17) is 5.26 Å². The van der Waals surface area contributed by atoms with Crippen molar-refractivity contribution in [1.29, 1.82) is 5.26 Å². The summed E-state index contributed by atoms with van der Waals surface area (Å²) in [6.07, 6.45) is 0. The monoisotopic (exact) mass is 377 g/mol. The van der Waals surface area contributed by atoms with Crippen LogP contribution in [0.5, 0.6) is 0 Å². The van der Waals surface area contributed by atoms with E-state index in [0.717, 1.165) is 28.1 Å². The summed E-state index contributed by atoms with van der Waals surface area (Å²) in [5.41, 5.74) is 1.53. The first-order valence-corrected chi connectivity index (χ1v) is 9.51. The van der Waals surface area contributed by atoms with Crippen molar-refractivity contribution in [1.82, 2.24) is 9.21 Å². The van der Waals surface area contributed by atoms with Crippen molar-refractivity contribution in [3.8, 4) is 6.07 Å². The predicted molar refractivity (Wildman–Crippen MR) is 91.6 cm³/mol. The van der Waals surface area contributed by atoms with Gasteiger partial charge in [-0.05, 0) is 29.8 Å². The zero-order valence-electron chi connectivity index (χ0n) is 13.9. The summed E-state index contributed by atoms with van der Waals surface area (Å²) >= 11 is 0. The van der Waals surface area contributed by atoms with Crippen LogP contribution in [0.2, 0.25) is 0 Å². The maximum absolute atomic E-state index is 13.9. The first kappa shape index (κ1) is 18.5. The zero-order valence-corrected chi connectivity index (χ0v) is 14.7. The fourth-order valence-corrected chi connectivity index (χ4v) is 4.51. The van der Waals surface area contributed by atoms with E-state index < -0.39 is 26.6 Å². The van der Waals surface area contributed by atoms with Gasteiger partial charge in [-0.3, -0.25) is 4.90 Å². The number of hydrogen-bond donors (Lipinski definition) is 0. The van der Waals surface area contributed by atoms with Crippen LogP contribution in [0.25, 0.3) is 0 Å². The molecular formula is C18H17F2N3O2S. The van der Waals surface area contributed by atoms with Crippen LogP contribution in [0.15, 0.2) is 47.4 Å². The van der Waals surface area contributed by atoms with Gasteiger partial charge in [0, 0.05) is 32.7 Å². The molecule has 1 fully saturated rings. The maximum atomic E-state index is 13.9. The Morgan fingerprint density at radius 3 is 2.23 bits per heavy atom. The number of rotatable bonds is 4. The largest absolute Gasteiger partial charge is 0.296 e. The number of halogens is 2. The first-order valence-electron chi connectivity index (χ1n) is 8.07. The van der Waals surface area contributed by atoms with Gasteiger partial charge in [0.05, 0.1) is 11.6 Å². The van der Waals surface area contributed by atoms with Gasteiger partial charge in [-0.1, -0.05) is 18.2 Å². The van der Waals surface area contributed by atoms with Crippen LogP contribution in [-0.4, -0.2) is 43.8 Å². The Morgan fingerprint density at radius 1 is 1.00 bits per heavy atom. The number of sulfonamides is 1. The molecule has 0 saturated carbocycles.